The Kier molecular flexibility index (Phi) is 9.43. The SMILES string of the molecule is Cc1nn([C@@H]2CCC(=O)NC2=O)c2cccc(-c3cnn(CC4[C@@H]5CN(CC6CCC(n7cc(NC(=O)c8c(N9C[C@H]%10C[C@@H]9CO%10)nn9cccnc89)c(C(F)F)n7)CC6)C[C@@H]45)c3)c12. The molecule has 4 saturated heterocycles. The number of alkyl halides is 2. The van der Waals surface area contributed by atoms with Crippen molar-refractivity contribution in [2.75, 3.05) is 43.0 Å². The third-order valence-corrected chi connectivity index (χ3v) is 14.9. The van der Waals surface area contributed by atoms with Gasteiger partial charge in [-0.1, -0.05) is 12.1 Å². The molecule has 5 aromatic heterocycles. The van der Waals surface area contributed by atoms with Crippen LogP contribution in [0.1, 0.15) is 85.2 Å². The number of halogens is 2. The number of rotatable bonds is 11. The van der Waals surface area contributed by atoms with E-state index in [1.165, 1.54) is 0 Å². The van der Waals surface area contributed by atoms with Gasteiger partial charge in [0.1, 0.15) is 11.6 Å². The highest BCUT2D eigenvalue weighted by Gasteiger charge is 2.55. The maximum Gasteiger partial charge on any atom is 0.284 e. The van der Waals surface area contributed by atoms with Crippen LogP contribution >= 0.6 is 0 Å². The summed E-state index contributed by atoms with van der Waals surface area (Å²) in [6.07, 6.45) is 11.4. The summed E-state index contributed by atoms with van der Waals surface area (Å²) in [5.41, 5.74) is 3.93. The molecule has 17 nitrogen and oxygen atoms in total. The van der Waals surface area contributed by atoms with Crippen molar-refractivity contribution in [3.63, 3.8) is 0 Å². The second kappa shape index (κ2) is 15.3. The molecule has 3 amide bonds. The van der Waals surface area contributed by atoms with Crippen LogP contribution < -0.4 is 15.5 Å². The molecule has 6 aliphatic rings. The number of benzene rings is 1. The quantitative estimate of drug-likeness (QED) is 0.164. The molecule has 332 valence electrons. The van der Waals surface area contributed by atoms with Crippen molar-refractivity contribution in [3.05, 3.63) is 72.2 Å². The van der Waals surface area contributed by atoms with Crippen LogP contribution in [0, 0.1) is 30.6 Å². The molecule has 5 atom stereocenters. The number of nitrogens with zero attached hydrogens (tertiary/aromatic N) is 11. The number of aryl methyl sites for hydroxylation is 1. The third kappa shape index (κ3) is 6.76. The van der Waals surface area contributed by atoms with Crippen molar-refractivity contribution >= 4 is 45.8 Å². The summed E-state index contributed by atoms with van der Waals surface area (Å²) in [6.45, 7) is 7.19. The Bertz CT molecular complexity index is 2810. The molecule has 2 saturated carbocycles. The normalized spacial score (nSPS) is 27.9. The van der Waals surface area contributed by atoms with Gasteiger partial charge in [-0.15, -0.1) is 5.10 Å². The molecule has 0 unspecified atom stereocenters. The Morgan fingerprint density at radius 1 is 0.984 bits per heavy atom. The van der Waals surface area contributed by atoms with E-state index in [1.54, 1.807) is 38.5 Å². The fraction of sp³-hybridized carbons (Fsp3) is 0.511. The molecule has 12 rings (SSSR count). The summed E-state index contributed by atoms with van der Waals surface area (Å²) in [6, 6.07) is 7.32. The van der Waals surface area contributed by atoms with E-state index in [4.69, 9.17) is 14.9 Å². The molecule has 6 aromatic rings. The minimum Gasteiger partial charge on any atom is -0.374 e. The summed E-state index contributed by atoms with van der Waals surface area (Å²) in [4.78, 5) is 47.5. The zero-order valence-electron chi connectivity index (χ0n) is 35.4. The Labute approximate surface area is 366 Å². The Morgan fingerprint density at radius 3 is 2.59 bits per heavy atom. The van der Waals surface area contributed by atoms with Crippen LogP contribution in [0.2, 0.25) is 0 Å². The number of carbonyl (C=O) groups is 3. The number of aromatic nitrogens is 9. The zero-order chi connectivity index (χ0) is 43.4. The van der Waals surface area contributed by atoms with Crippen molar-refractivity contribution in [3.8, 4) is 11.1 Å². The van der Waals surface area contributed by atoms with Crippen molar-refractivity contribution in [2.24, 2.45) is 23.7 Å². The second-order valence-electron chi connectivity index (χ2n) is 18.8. The van der Waals surface area contributed by atoms with E-state index in [2.05, 4.69) is 52.6 Å². The predicted octanol–water partition coefficient (Wildman–Crippen LogP) is 5.20. The van der Waals surface area contributed by atoms with Gasteiger partial charge in [-0.3, -0.25) is 33.7 Å². The monoisotopic (exact) mass is 873 g/mol. The van der Waals surface area contributed by atoms with E-state index in [1.807, 2.05) is 25.3 Å². The first-order chi connectivity index (χ1) is 31.1. The van der Waals surface area contributed by atoms with Gasteiger partial charge in [0.15, 0.2) is 17.2 Å². The lowest BCUT2D eigenvalue weighted by Gasteiger charge is -2.32. The minimum absolute atomic E-state index is 0.0123. The number of imide groups is 1. The molecule has 19 heteroatoms. The van der Waals surface area contributed by atoms with E-state index < -0.39 is 24.1 Å². The van der Waals surface area contributed by atoms with Crippen LogP contribution in [-0.4, -0.2) is 111 Å². The van der Waals surface area contributed by atoms with Gasteiger partial charge in [0.25, 0.3) is 18.2 Å². The highest BCUT2D eigenvalue weighted by molar-refractivity contribution is 6.12. The minimum atomic E-state index is -2.86. The summed E-state index contributed by atoms with van der Waals surface area (Å²) in [7, 11) is 0. The summed E-state index contributed by atoms with van der Waals surface area (Å²) < 4.78 is 41.7. The fourth-order valence-corrected chi connectivity index (χ4v) is 11.7. The molecule has 0 spiro atoms. The Balaban J connectivity index is 0.653. The Morgan fingerprint density at radius 2 is 1.83 bits per heavy atom. The van der Waals surface area contributed by atoms with E-state index in [0.29, 0.717) is 61.1 Å². The van der Waals surface area contributed by atoms with Crippen LogP contribution in [-0.2, 0) is 20.9 Å². The van der Waals surface area contributed by atoms with E-state index >= 15 is 0 Å². The predicted molar refractivity (Wildman–Crippen MR) is 229 cm³/mol. The number of hydrogen-bond donors (Lipinski definition) is 2. The van der Waals surface area contributed by atoms with E-state index in [0.717, 1.165) is 86.0 Å². The lowest BCUT2D eigenvalue weighted by atomic mass is 9.85. The maximum absolute atomic E-state index is 14.5. The third-order valence-electron chi connectivity index (χ3n) is 14.9. The lowest BCUT2D eigenvalue weighted by molar-refractivity contribution is -0.135. The number of fused-ring (bicyclic) bond motifs is 5. The van der Waals surface area contributed by atoms with Gasteiger partial charge in [0.05, 0.1) is 47.9 Å². The van der Waals surface area contributed by atoms with Crippen molar-refractivity contribution < 1.29 is 27.9 Å². The molecular weight excluding hydrogens is 825 g/mol. The first-order valence-corrected chi connectivity index (χ1v) is 22.6. The van der Waals surface area contributed by atoms with Gasteiger partial charge < -0.3 is 19.9 Å². The summed E-state index contributed by atoms with van der Waals surface area (Å²) >= 11 is 0. The smallest absolute Gasteiger partial charge is 0.284 e. The first-order valence-electron chi connectivity index (χ1n) is 22.6. The molecule has 6 fully saturated rings. The lowest BCUT2D eigenvalue weighted by Crippen LogP contribution is -2.42. The topological polar surface area (TPSA) is 175 Å². The Hall–Kier alpha value is -6.08. The molecule has 0 radical (unpaired) electrons. The van der Waals surface area contributed by atoms with Crippen LogP contribution in [0.3, 0.4) is 0 Å². The number of likely N-dealkylation sites (tertiary alicyclic amines) is 1. The van der Waals surface area contributed by atoms with Gasteiger partial charge in [-0.05, 0) is 86.8 Å². The van der Waals surface area contributed by atoms with Gasteiger partial charge in [0, 0.05) is 74.9 Å². The van der Waals surface area contributed by atoms with Gasteiger partial charge in [-0.2, -0.15) is 15.3 Å². The van der Waals surface area contributed by atoms with E-state index in [-0.39, 0.29) is 41.3 Å². The maximum atomic E-state index is 14.5. The summed E-state index contributed by atoms with van der Waals surface area (Å²) in [5.74, 6) is 1.81. The van der Waals surface area contributed by atoms with Crippen LogP contribution in [0.15, 0.2) is 55.2 Å². The molecule has 2 bridgehead atoms. The fourth-order valence-electron chi connectivity index (χ4n) is 11.7. The molecule has 64 heavy (non-hydrogen) atoms. The average Bonchev–Trinajstić information content (AvgIpc) is 4.10. The molecule has 2 aliphatic carbocycles. The van der Waals surface area contributed by atoms with Crippen molar-refractivity contribution in [1.82, 2.24) is 54.2 Å². The number of anilines is 2. The molecule has 9 heterocycles. The molecular formula is C45H49F2N13O4. The highest BCUT2D eigenvalue weighted by atomic mass is 19.3. The second-order valence-corrected chi connectivity index (χ2v) is 18.8. The zero-order valence-corrected chi connectivity index (χ0v) is 35.4. The number of piperidine rings is 2. The molecule has 2 N–H and O–H groups in total. The van der Waals surface area contributed by atoms with Crippen LogP contribution in [0.4, 0.5) is 20.3 Å². The first kappa shape index (κ1) is 39.5. The van der Waals surface area contributed by atoms with Gasteiger partial charge >= 0.3 is 0 Å². The van der Waals surface area contributed by atoms with Crippen LogP contribution in [0.25, 0.3) is 27.7 Å². The van der Waals surface area contributed by atoms with Crippen molar-refractivity contribution in [2.45, 2.75) is 89.1 Å². The molecule has 4 aliphatic heterocycles. The average molecular weight is 874 g/mol. The summed E-state index contributed by atoms with van der Waals surface area (Å²) in [5, 5.41) is 24.8. The number of morpholine rings is 1. The molecule has 1 aromatic carbocycles. The number of ether oxygens (including phenoxy) is 1. The standard InChI is InChI=1S/C45H49F2N13O4/c1-24-38-30(4-2-5-35(38)60(52-24)36-10-11-37(61)51-44(36)62)26-15-49-56(17-26)21-33-31-19-55(20-32(31)33)16-25-6-8-27(9-7-25)59-22-34(40(53-59)41(46)47)50-45(63)39-42-48-12-3-13-58(42)54-43(39)57-18-29-14-28(57)23-64-29/h2-5,12-13,15,17,22,25,27-29,31-33,36,41H,6-11,14,16,18-21,23H2,1H3,(H,50,63)(H,51,61,62)/t25?,27?,28-,29-,31-,32-,36-/m1/s1. The van der Waals surface area contributed by atoms with Gasteiger partial charge in [0.2, 0.25) is 5.91 Å². The van der Waals surface area contributed by atoms with E-state index in [9.17, 15) is 23.2 Å². The largest absolute Gasteiger partial charge is 0.374 e. The number of hydrogen-bond acceptors (Lipinski definition) is 11. The van der Waals surface area contributed by atoms with Crippen molar-refractivity contribution in [1.29, 1.82) is 0 Å². The number of nitrogens with one attached hydrogen (secondary N) is 2. The highest BCUT2D eigenvalue weighted by Crippen LogP contribution is 2.53. The number of carbonyl (C=O) groups excluding carboxylic acids is 3. The van der Waals surface area contributed by atoms with Gasteiger partial charge in [-0.25, -0.2) is 18.3 Å². The van der Waals surface area contributed by atoms with Crippen LogP contribution in [0.5, 0.6) is 0 Å². The number of amides is 3.